The fourth-order valence-electron chi connectivity index (χ4n) is 1.63. The van der Waals surface area contributed by atoms with Crippen molar-refractivity contribution in [1.29, 1.82) is 0 Å². The number of halogens is 4. The maximum absolute atomic E-state index is 12.5. The zero-order valence-corrected chi connectivity index (χ0v) is 17.1. The monoisotopic (exact) mass is 564 g/mol. The summed E-state index contributed by atoms with van der Waals surface area (Å²) in [5, 5.41) is 0.534. The van der Waals surface area contributed by atoms with Gasteiger partial charge in [0, 0.05) is 17.5 Å². The number of anilines is 2. The van der Waals surface area contributed by atoms with Crippen molar-refractivity contribution in [2.24, 2.45) is 0 Å². The first-order chi connectivity index (χ1) is 9.70. The quantitative estimate of drug-likeness (QED) is 0.412. The number of benzene rings is 2. The van der Waals surface area contributed by atoms with Crippen LogP contribution in [0.5, 0.6) is 0 Å². The Kier molecular flexibility index (Phi) is 5.45. The Labute approximate surface area is 157 Å². The average Bonchev–Trinajstić information content (AvgIpc) is 2.30. The average molecular weight is 566 g/mol. The van der Waals surface area contributed by atoms with E-state index in [1.54, 1.807) is 24.3 Å². The summed E-state index contributed by atoms with van der Waals surface area (Å²) in [6.45, 7) is 0. The van der Waals surface area contributed by atoms with Crippen molar-refractivity contribution >= 4 is 87.4 Å². The number of sulfonamides is 1. The second-order valence-electron chi connectivity index (χ2n) is 4.04. The van der Waals surface area contributed by atoms with Gasteiger partial charge in [-0.05, 0) is 68.9 Å². The Hall–Kier alpha value is -0.0300. The van der Waals surface area contributed by atoms with Crippen LogP contribution in [0.4, 0.5) is 11.4 Å². The molecule has 4 nitrogen and oxygen atoms in total. The molecular formula is C12H8Br2ClIN2O2S. The van der Waals surface area contributed by atoms with Gasteiger partial charge in [-0.15, -0.1) is 0 Å². The summed E-state index contributed by atoms with van der Waals surface area (Å²) in [4.78, 5) is -0.00329. The summed E-state index contributed by atoms with van der Waals surface area (Å²) in [5.41, 5.74) is 6.41. The van der Waals surface area contributed by atoms with E-state index in [0.29, 0.717) is 23.2 Å². The van der Waals surface area contributed by atoms with Crippen molar-refractivity contribution in [3.05, 3.63) is 47.9 Å². The Morgan fingerprint density at radius 3 is 2.43 bits per heavy atom. The molecule has 0 heterocycles. The number of nitrogens with two attached hydrogens (primary N) is 1. The van der Waals surface area contributed by atoms with Crippen LogP contribution >= 0.6 is 66.1 Å². The van der Waals surface area contributed by atoms with Gasteiger partial charge in [-0.25, -0.2) is 8.42 Å². The van der Waals surface area contributed by atoms with Gasteiger partial charge in [0.2, 0.25) is 0 Å². The van der Waals surface area contributed by atoms with E-state index in [1.165, 1.54) is 6.07 Å². The minimum Gasteiger partial charge on any atom is -0.398 e. The predicted molar refractivity (Wildman–Crippen MR) is 101 cm³/mol. The highest BCUT2D eigenvalue weighted by Crippen LogP contribution is 2.33. The Bertz CT molecular complexity index is 792. The van der Waals surface area contributed by atoms with Crippen LogP contribution in [-0.2, 0) is 10.0 Å². The van der Waals surface area contributed by atoms with E-state index in [0.717, 1.165) is 0 Å². The predicted octanol–water partition coefficient (Wildman–Crippen LogP) is 4.85. The fraction of sp³-hybridized carbons (Fsp3) is 0. The maximum atomic E-state index is 12.5. The summed E-state index contributed by atoms with van der Waals surface area (Å²) < 4.78 is 29.3. The molecule has 0 saturated heterocycles. The molecule has 0 amide bonds. The maximum Gasteiger partial charge on any atom is 0.265 e. The van der Waals surface area contributed by atoms with E-state index in [4.69, 9.17) is 17.3 Å². The van der Waals surface area contributed by atoms with E-state index in [2.05, 4.69) is 36.6 Å². The third-order valence-electron chi connectivity index (χ3n) is 2.48. The van der Waals surface area contributed by atoms with Crippen LogP contribution in [-0.4, -0.2) is 8.42 Å². The topological polar surface area (TPSA) is 72.2 Å². The molecule has 0 aliphatic carbocycles. The highest BCUT2D eigenvalue weighted by molar-refractivity contribution is 14.1. The molecule has 112 valence electrons. The third kappa shape index (κ3) is 4.04. The van der Waals surface area contributed by atoms with Crippen LogP contribution in [0.3, 0.4) is 0 Å². The van der Waals surface area contributed by atoms with E-state index >= 15 is 0 Å². The van der Waals surface area contributed by atoms with Crippen molar-refractivity contribution in [1.82, 2.24) is 0 Å². The molecule has 0 aromatic heterocycles. The SMILES string of the molecule is Nc1cc(Br)cc(Br)c1S(=O)(=O)Nc1ccc(Cl)cc1I. The molecule has 0 atom stereocenters. The summed E-state index contributed by atoms with van der Waals surface area (Å²) in [5.74, 6) is 0. The van der Waals surface area contributed by atoms with Gasteiger partial charge in [-0.2, -0.15) is 0 Å². The lowest BCUT2D eigenvalue weighted by Crippen LogP contribution is -2.16. The lowest BCUT2D eigenvalue weighted by molar-refractivity contribution is 0.601. The van der Waals surface area contributed by atoms with Gasteiger partial charge in [-0.1, -0.05) is 27.5 Å². The fourth-order valence-corrected chi connectivity index (χ4v) is 5.97. The first-order valence-corrected chi connectivity index (χ1v) is 9.95. The summed E-state index contributed by atoms with van der Waals surface area (Å²) in [6, 6.07) is 8.04. The molecule has 9 heteroatoms. The van der Waals surface area contributed by atoms with Crippen LogP contribution in [0.15, 0.2) is 44.2 Å². The van der Waals surface area contributed by atoms with Gasteiger partial charge in [-0.3, -0.25) is 4.72 Å². The molecule has 3 N–H and O–H groups in total. The lowest BCUT2D eigenvalue weighted by Gasteiger charge is -2.13. The van der Waals surface area contributed by atoms with Crippen LogP contribution in [0.1, 0.15) is 0 Å². The molecule has 0 unspecified atom stereocenters. The molecule has 2 aromatic carbocycles. The van der Waals surface area contributed by atoms with E-state index in [-0.39, 0.29) is 10.6 Å². The Balaban J connectivity index is 2.48. The smallest absolute Gasteiger partial charge is 0.265 e. The minimum absolute atomic E-state index is 0.00329. The van der Waals surface area contributed by atoms with Crippen molar-refractivity contribution < 1.29 is 8.42 Å². The first-order valence-electron chi connectivity index (χ1n) is 5.43. The van der Waals surface area contributed by atoms with Gasteiger partial charge in [0.1, 0.15) is 4.90 Å². The third-order valence-corrected chi connectivity index (χ3v) is 6.44. The highest BCUT2D eigenvalue weighted by Gasteiger charge is 2.22. The molecule has 0 radical (unpaired) electrons. The van der Waals surface area contributed by atoms with E-state index < -0.39 is 10.0 Å². The number of nitrogen functional groups attached to an aromatic ring is 1. The van der Waals surface area contributed by atoms with E-state index in [1.807, 2.05) is 22.6 Å². The lowest BCUT2D eigenvalue weighted by atomic mass is 10.3. The molecule has 0 bridgehead atoms. The Morgan fingerprint density at radius 1 is 1.19 bits per heavy atom. The molecule has 2 rings (SSSR count). The molecule has 0 spiro atoms. The highest BCUT2D eigenvalue weighted by atomic mass is 127. The van der Waals surface area contributed by atoms with Gasteiger partial charge >= 0.3 is 0 Å². The van der Waals surface area contributed by atoms with E-state index in [9.17, 15) is 8.42 Å². The molecule has 0 fully saturated rings. The second kappa shape index (κ2) is 6.61. The van der Waals surface area contributed by atoms with Gasteiger partial charge < -0.3 is 5.73 Å². The Morgan fingerprint density at radius 2 is 1.86 bits per heavy atom. The van der Waals surface area contributed by atoms with Crippen molar-refractivity contribution in [3.8, 4) is 0 Å². The zero-order chi connectivity index (χ0) is 15.8. The summed E-state index contributed by atoms with van der Waals surface area (Å²) >= 11 is 14.3. The summed E-state index contributed by atoms with van der Waals surface area (Å²) in [7, 11) is -3.82. The standard InChI is InChI=1S/C12H8Br2ClIN2O2S/c13-6-3-8(14)12(10(17)4-6)21(19,20)18-11-2-1-7(15)5-9(11)16/h1-5,18H,17H2. The number of hydrogen-bond donors (Lipinski definition) is 2. The molecular weight excluding hydrogens is 558 g/mol. The van der Waals surface area contributed by atoms with Gasteiger partial charge in [0.15, 0.2) is 0 Å². The van der Waals surface area contributed by atoms with Crippen molar-refractivity contribution in [2.45, 2.75) is 4.90 Å². The number of rotatable bonds is 3. The van der Waals surface area contributed by atoms with Crippen molar-refractivity contribution in [3.63, 3.8) is 0 Å². The molecule has 0 saturated carbocycles. The van der Waals surface area contributed by atoms with Gasteiger partial charge in [0.25, 0.3) is 10.0 Å². The first kappa shape index (κ1) is 17.3. The molecule has 2 aromatic rings. The largest absolute Gasteiger partial charge is 0.398 e. The number of nitrogens with one attached hydrogen (secondary N) is 1. The number of hydrogen-bond acceptors (Lipinski definition) is 3. The van der Waals surface area contributed by atoms with Crippen LogP contribution in [0.25, 0.3) is 0 Å². The van der Waals surface area contributed by atoms with Crippen molar-refractivity contribution in [2.75, 3.05) is 10.5 Å². The molecule has 0 aliphatic rings. The summed E-state index contributed by atoms with van der Waals surface area (Å²) in [6.07, 6.45) is 0. The van der Waals surface area contributed by atoms with Crippen LogP contribution < -0.4 is 10.5 Å². The minimum atomic E-state index is -3.82. The molecule has 21 heavy (non-hydrogen) atoms. The molecule has 0 aliphatic heterocycles. The zero-order valence-electron chi connectivity index (χ0n) is 10.2. The van der Waals surface area contributed by atoms with Gasteiger partial charge in [0.05, 0.1) is 11.4 Å². The van der Waals surface area contributed by atoms with Crippen LogP contribution in [0.2, 0.25) is 5.02 Å². The van der Waals surface area contributed by atoms with Crippen LogP contribution in [0, 0.1) is 3.57 Å². The normalized spacial score (nSPS) is 11.4. The second-order valence-corrected chi connectivity index (χ2v) is 9.02.